The summed E-state index contributed by atoms with van der Waals surface area (Å²) in [5.74, 6) is -1.18. The van der Waals surface area contributed by atoms with E-state index in [1.54, 1.807) is 18.5 Å². The number of nitrogens with zero attached hydrogens (tertiary/aromatic N) is 4. The SMILES string of the molecule is Cc1ccc(NC(=O)c2cc([C@@H](C)NC(=O)c3cc(Nc4nccs4)ncn3)no2)cc1C(F)(F)F. The van der Waals surface area contributed by atoms with Crippen molar-refractivity contribution in [3.05, 3.63) is 76.5 Å². The minimum Gasteiger partial charge on any atom is -0.351 e. The molecule has 0 spiro atoms. The lowest BCUT2D eigenvalue weighted by Crippen LogP contribution is -2.27. The molecule has 0 aliphatic rings. The predicted octanol–water partition coefficient (Wildman–Crippen LogP) is 4.74. The molecule has 0 saturated heterocycles. The number of anilines is 3. The molecule has 1 aromatic carbocycles. The first-order valence-electron chi connectivity index (χ1n) is 10.4. The molecular weight excluding hydrogens is 499 g/mol. The van der Waals surface area contributed by atoms with Crippen molar-refractivity contribution in [3.63, 3.8) is 0 Å². The largest absolute Gasteiger partial charge is 0.416 e. The molecular formula is C22H18F3N7O3S. The van der Waals surface area contributed by atoms with E-state index in [9.17, 15) is 22.8 Å². The second kappa shape index (κ2) is 10.1. The molecule has 0 aliphatic heterocycles. The maximum atomic E-state index is 13.1. The minimum absolute atomic E-state index is 0.0294. The average Bonchev–Trinajstić information content (AvgIpc) is 3.52. The van der Waals surface area contributed by atoms with Crippen LogP contribution in [0.5, 0.6) is 0 Å². The van der Waals surface area contributed by atoms with Gasteiger partial charge in [0, 0.05) is 29.4 Å². The van der Waals surface area contributed by atoms with Crippen molar-refractivity contribution in [2.45, 2.75) is 26.1 Å². The second-order valence-corrected chi connectivity index (χ2v) is 8.44. The number of hydrogen-bond acceptors (Lipinski definition) is 9. The van der Waals surface area contributed by atoms with Gasteiger partial charge in [-0.25, -0.2) is 15.0 Å². The molecule has 186 valence electrons. The summed E-state index contributed by atoms with van der Waals surface area (Å²) >= 11 is 1.36. The van der Waals surface area contributed by atoms with E-state index in [-0.39, 0.29) is 28.4 Å². The van der Waals surface area contributed by atoms with E-state index in [4.69, 9.17) is 4.52 Å². The molecule has 0 fully saturated rings. The van der Waals surface area contributed by atoms with Gasteiger partial charge in [0.25, 0.3) is 11.8 Å². The van der Waals surface area contributed by atoms with Gasteiger partial charge >= 0.3 is 6.18 Å². The van der Waals surface area contributed by atoms with Crippen LogP contribution in [0.2, 0.25) is 0 Å². The zero-order chi connectivity index (χ0) is 25.9. The van der Waals surface area contributed by atoms with Gasteiger partial charge in [-0.3, -0.25) is 9.59 Å². The predicted molar refractivity (Wildman–Crippen MR) is 124 cm³/mol. The van der Waals surface area contributed by atoms with E-state index >= 15 is 0 Å². The van der Waals surface area contributed by atoms with Crippen molar-refractivity contribution < 1.29 is 27.3 Å². The molecule has 0 bridgehead atoms. The van der Waals surface area contributed by atoms with Crippen LogP contribution in [-0.2, 0) is 6.18 Å². The fraction of sp³-hybridized carbons (Fsp3) is 0.182. The van der Waals surface area contributed by atoms with Crippen LogP contribution in [0.25, 0.3) is 0 Å². The van der Waals surface area contributed by atoms with Crippen molar-refractivity contribution in [2.75, 3.05) is 10.6 Å². The Hall–Kier alpha value is -4.33. The highest BCUT2D eigenvalue weighted by molar-refractivity contribution is 7.13. The second-order valence-electron chi connectivity index (χ2n) is 7.54. The number of hydrogen-bond donors (Lipinski definition) is 3. The van der Waals surface area contributed by atoms with Gasteiger partial charge in [0.15, 0.2) is 5.13 Å². The smallest absolute Gasteiger partial charge is 0.351 e. The molecule has 3 heterocycles. The van der Waals surface area contributed by atoms with Gasteiger partial charge in [-0.05, 0) is 31.5 Å². The highest BCUT2D eigenvalue weighted by Crippen LogP contribution is 2.33. The Morgan fingerprint density at radius 1 is 1.08 bits per heavy atom. The van der Waals surface area contributed by atoms with E-state index in [1.165, 1.54) is 48.9 Å². The van der Waals surface area contributed by atoms with E-state index in [2.05, 4.69) is 36.1 Å². The molecule has 0 unspecified atom stereocenters. The van der Waals surface area contributed by atoms with Gasteiger partial charge in [0.1, 0.15) is 23.5 Å². The van der Waals surface area contributed by atoms with E-state index < -0.39 is 29.6 Å². The first-order valence-corrected chi connectivity index (χ1v) is 11.2. The Labute approximate surface area is 206 Å². The lowest BCUT2D eigenvalue weighted by Gasteiger charge is -2.12. The van der Waals surface area contributed by atoms with Crippen molar-refractivity contribution in [1.29, 1.82) is 0 Å². The minimum atomic E-state index is -4.56. The van der Waals surface area contributed by atoms with Gasteiger partial charge in [-0.15, -0.1) is 11.3 Å². The summed E-state index contributed by atoms with van der Waals surface area (Å²) in [6.07, 6.45) is -1.71. The number of carbonyl (C=O) groups is 2. The number of thiazole rings is 1. The zero-order valence-corrected chi connectivity index (χ0v) is 19.6. The molecule has 0 aliphatic carbocycles. The van der Waals surface area contributed by atoms with Crippen LogP contribution >= 0.6 is 11.3 Å². The number of amides is 2. The molecule has 1 atom stereocenters. The molecule has 3 aromatic heterocycles. The standard InChI is InChI=1S/C22H18F3N7O3S/c1-11-3-4-13(7-14(11)22(23,24)25)30-20(34)17-8-15(32-35-17)12(2)29-19(33)16-9-18(28-10-27-16)31-21-26-5-6-36-21/h3-10,12H,1-2H3,(H,29,33)(H,30,34)(H,26,27,28,31)/t12-/m1/s1. The molecule has 3 N–H and O–H groups in total. The number of carbonyl (C=O) groups excluding carboxylic acids is 2. The average molecular weight is 517 g/mol. The highest BCUT2D eigenvalue weighted by atomic mass is 32.1. The third-order valence-electron chi connectivity index (χ3n) is 4.91. The van der Waals surface area contributed by atoms with Gasteiger partial charge < -0.3 is 20.5 Å². The first-order chi connectivity index (χ1) is 17.1. The molecule has 4 aromatic rings. The number of aryl methyl sites for hydroxylation is 1. The quantitative estimate of drug-likeness (QED) is 0.320. The van der Waals surface area contributed by atoms with Crippen molar-refractivity contribution in [1.82, 2.24) is 25.4 Å². The van der Waals surface area contributed by atoms with E-state index in [0.717, 1.165) is 6.07 Å². The summed E-state index contributed by atoms with van der Waals surface area (Å²) in [5.41, 5.74) is -0.574. The number of nitrogens with one attached hydrogen (secondary N) is 3. The molecule has 0 radical (unpaired) electrons. The Kier molecular flexibility index (Phi) is 6.96. The van der Waals surface area contributed by atoms with Crippen LogP contribution in [-0.4, -0.2) is 31.9 Å². The number of alkyl halides is 3. The molecule has 10 nitrogen and oxygen atoms in total. The van der Waals surface area contributed by atoms with Gasteiger partial charge in [0.05, 0.1) is 11.6 Å². The summed E-state index contributed by atoms with van der Waals surface area (Å²) < 4.78 is 44.4. The van der Waals surface area contributed by atoms with Gasteiger partial charge in [-0.1, -0.05) is 11.2 Å². The lowest BCUT2D eigenvalue weighted by atomic mass is 10.1. The van der Waals surface area contributed by atoms with Crippen LogP contribution in [0.1, 0.15) is 50.8 Å². The Bertz CT molecular complexity index is 1390. The molecule has 14 heteroatoms. The number of halogens is 3. The third-order valence-corrected chi connectivity index (χ3v) is 5.60. The Morgan fingerprint density at radius 3 is 2.61 bits per heavy atom. The summed E-state index contributed by atoms with van der Waals surface area (Å²) in [5, 5.41) is 14.2. The van der Waals surface area contributed by atoms with Crippen molar-refractivity contribution >= 4 is 39.8 Å². The van der Waals surface area contributed by atoms with Crippen LogP contribution in [0.4, 0.5) is 29.8 Å². The molecule has 36 heavy (non-hydrogen) atoms. The normalized spacial score (nSPS) is 12.1. The van der Waals surface area contributed by atoms with Crippen LogP contribution in [0.15, 0.2) is 52.8 Å². The molecule has 0 saturated carbocycles. The lowest BCUT2D eigenvalue weighted by molar-refractivity contribution is -0.138. The Balaban J connectivity index is 1.40. The number of aromatic nitrogens is 4. The van der Waals surface area contributed by atoms with Crippen LogP contribution in [0, 0.1) is 6.92 Å². The number of rotatable bonds is 7. The summed E-state index contributed by atoms with van der Waals surface area (Å²) in [6, 6.07) is 5.50. The van der Waals surface area contributed by atoms with Crippen molar-refractivity contribution in [3.8, 4) is 0 Å². The maximum Gasteiger partial charge on any atom is 0.416 e. The fourth-order valence-corrected chi connectivity index (χ4v) is 3.62. The molecule has 4 rings (SSSR count). The first kappa shape index (κ1) is 24.8. The third kappa shape index (κ3) is 5.83. The summed E-state index contributed by atoms with van der Waals surface area (Å²) in [7, 11) is 0. The summed E-state index contributed by atoms with van der Waals surface area (Å²) in [6.45, 7) is 2.94. The Morgan fingerprint density at radius 2 is 1.89 bits per heavy atom. The molecule has 2 amide bonds. The highest BCUT2D eigenvalue weighted by Gasteiger charge is 2.32. The zero-order valence-electron chi connectivity index (χ0n) is 18.8. The maximum absolute atomic E-state index is 13.1. The fourth-order valence-electron chi connectivity index (χ4n) is 3.09. The van der Waals surface area contributed by atoms with Crippen molar-refractivity contribution in [2.24, 2.45) is 0 Å². The van der Waals surface area contributed by atoms with Crippen LogP contribution < -0.4 is 16.0 Å². The topological polar surface area (TPSA) is 135 Å². The monoisotopic (exact) mass is 517 g/mol. The number of benzene rings is 1. The van der Waals surface area contributed by atoms with Crippen LogP contribution in [0.3, 0.4) is 0 Å². The van der Waals surface area contributed by atoms with Gasteiger partial charge in [0.2, 0.25) is 5.76 Å². The van der Waals surface area contributed by atoms with E-state index in [1.807, 2.05) is 0 Å². The van der Waals surface area contributed by atoms with Gasteiger partial charge in [-0.2, -0.15) is 13.2 Å². The summed E-state index contributed by atoms with van der Waals surface area (Å²) in [4.78, 5) is 37.2. The van der Waals surface area contributed by atoms with E-state index in [0.29, 0.717) is 10.9 Å².